The van der Waals surface area contributed by atoms with Crippen LogP contribution in [0.3, 0.4) is 0 Å². The molecule has 9 heteroatoms. The number of aromatic carboxylic acids is 1. The minimum absolute atomic E-state index is 0.116. The van der Waals surface area contributed by atoms with E-state index in [2.05, 4.69) is 5.10 Å². The second-order valence-electron chi connectivity index (χ2n) is 7.03. The number of aryl methyl sites for hydroxylation is 2. The molecule has 2 aromatic heterocycles. The van der Waals surface area contributed by atoms with Crippen LogP contribution in [0.4, 0.5) is 13.2 Å². The first kappa shape index (κ1) is 22.1. The summed E-state index contributed by atoms with van der Waals surface area (Å²) in [6.07, 6.45) is -3.59. The van der Waals surface area contributed by atoms with Gasteiger partial charge >= 0.3 is 12.1 Å². The Morgan fingerprint density at radius 3 is 2.50 bits per heavy atom. The SMILES string of the molecule is O=C(O)c1ccc(-c2cc(C(F)(F)F)nn2-c2ccccc2Cl)cc1CCc1cccs1. The molecular weight excluding hydrogens is 461 g/mol. The summed E-state index contributed by atoms with van der Waals surface area (Å²) in [5, 5.41) is 15.5. The van der Waals surface area contributed by atoms with Crippen LogP contribution in [-0.4, -0.2) is 20.9 Å². The Hall–Kier alpha value is -3.10. The molecule has 32 heavy (non-hydrogen) atoms. The number of carbonyl (C=O) groups is 1. The van der Waals surface area contributed by atoms with E-state index in [9.17, 15) is 23.1 Å². The average molecular weight is 477 g/mol. The summed E-state index contributed by atoms with van der Waals surface area (Å²) in [6.45, 7) is 0. The largest absolute Gasteiger partial charge is 0.478 e. The number of para-hydroxylation sites is 1. The molecule has 2 heterocycles. The van der Waals surface area contributed by atoms with Crippen molar-refractivity contribution in [1.82, 2.24) is 9.78 Å². The van der Waals surface area contributed by atoms with Crippen LogP contribution >= 0.6 is 22.9 Å². The molecule has 2 aromatic carbocycles. The molecule has 0 amide bonds. The number of alkyl halides is 3. The molecule has 0 bridgehead atoms. The van der Waals surface area contributed by atoms with Gasteiger partial charge in [0.1, 0.15) is 0 Å². The van der Waals surface area contributed by atoms with Gasteiger partial charge in [0.05, 0.1) is 22.0 Å². The molecule has 0 aliphatic carbocycles. The molecule has 0 atom stereocenters. The summed E-state index contributed by atoms with van der Waals surface area (Å²) >= 11 is 7.79. The van der Waals surface area contributed by atoms with Crippen LogP contribution in [0.1, 0.15) is 26.5 Å². The van der Waals surface area contributed by atoms with Crippen molar-refractivity contribution in [3.05, 3.63) is 92.8 Å². The van der Waals surface area contributed by atoms with Gasteiger partial charge in [0.25, 0.3) is 0 Å². The maximum Gasteiger partial charge on any atom is 0.435 e. The van der Waals surface area contributed by atoms with E-state index < -0.39 is 17.8 Å². The quantitative estimate of drug-likeness (QED) is 0.334. The van der Waals surface area contributed by atoms with Gasteiger partial charge in [-0.05, 0) is 60.2 Å². The molecule has 0 saturated carbocycles. The Kier molecular flexibility index (Phi) is 6.08. The van der Waals surface area contributed by atoms with Gasteiger partial charge in [-0.15, -0.1) is 11.3 Å². The normalized spacial score (nSPS) is 11.6. The lowest BCUT2D eigenvalue weighted by Crippen LogP contribution is -2.08. The molecule has 0 radical (unpaired) electrons. The fourth-order valence-corrected chi connectivity index (χ4v) is 4.34. The van der Waals surface area contributed by atoms with Crippen molar-refractivity contribution in [2.24, 2.45) is 0 Å². The van der Waals surface area contributed by atoms with Gasteiger partial charge < -0.3 is 5.11 Å². The van der Waals surface area contributed by atoms with Gasteiger partial charge in [0.15, 0.2) is 5.69 Å². The highest BCUT2D eigenvalue weighted by Gasteiger charge is 2.35. The summed E-state index contributed by atoms with van der Waals surface area (Å²) in [5.74, 6) is -1.09. The van der Waals surface area contributed by atoms with E-state index in [1.54, 1.807) is 41.7 Å². The van der Waals surface area contributed by atoms with Crippen LogP contribution in [-0.2, 0) is 19.0 Å². The van der Waals surface area contributed by atoms with Crippen LogP contribution < -0.4 is 0 Å². The molecule has 164 valence electrons. The molecule has 4 rings (SSSR count). The average Bonchev–Trinajstić information content (AvgIpc) is 3.42. The Morgan fingerprint density at radius 2 is 1.84 bits per heavy atom. The molecule has 0 saturated heterocycles. The number of hydrogen-bond donors (Lipinski definition) is 1. The lowest BCUT2D eigenvalue weighted by molar-refractivity contribution is -0.141. The van der Waals surface area contributed by atoms with Crippen LogP contribution in [0.25, 0.3) is 16.9 Å². The lowest BCUT2D eigenvalue weighted by Gasteiger charge is -2.12. The highest BCUT2D eigenvalue weighted by atomic mass is 35.5. The molecule has 0 unspecified atom stereocenters. The number of carboxylic acids is 1. The van der Waals surface area contributed by atoms with E-state index in [0.29, 0.717) is 29.7 Å². The Balaban J connectivity index is 1.83. The fraction of sp³-hybridized carbons (Fsp3) is 0.130. The Morgan fingerprint density at radius 1 is 1.06 bits per heavy atom. The zero-order valence-electron chi connectivity index (χ0n) is 16.4. The summed E-state index contributed by atoms with van der Waals surface area (Å²) in [5.41, 5.74) is 0.463. The smallest absolute Gasteiger partial charge is 0.435 e. The number of halogens is 4. The van der Waals surface area contributed by atoms with Crippen LogP contribution in [0.2, 0.25) is 5.02 Å². The number of carboxylic acid groups (broad SMARTS) is 1. The molecule has 1 N–H and O–H groups in total. The van der Waals surface area contributed by atoms with Gasteiger partial charge in [-0.1, -0.05) is 35.9 Å². The summed E-state index contributed by atoms with van der Waals surface area (Å²) in [7, 11) is 0. The first-order valence-corrected chi connectivity index (χ1v) is 10.8. The molecular formula is C23H16ClF3N2O2S. The monoisotopic (exact) mass is 476 g/mol. The van der Waals surface area contributed by atoms with E-state index in [0.717, 1.165) is 15.6 Å². The van der Waals surface area contributed by atoms with Crippen molar-refractivity contribution in [2.75, 3.05) is 0 Å². The maximum atomic E-state index is 13.5. The van der Waals surface area contributed by atoms with E-state index in [4.69, 9.17) is 11.6 Å². The van der Waals surface area contributed by atoms with Gasteiger partial charge in [0.2, 0.25) is 0 Å². The highest BCUT2D eigenvalue weighted by Crippen LogP contribution is 2.35. The second-order valence-corrected chi connectivity index (χ2v) is 8.47. The topological polar surface area (TPSA) is 55.1 Å². The molecule has 0 fully saturated rings. The third kappa shape index (κ3) is 4.56. The van der Waals surface area contributed by atoms with Crippen LogP contribution in [0.5, 0.6) is 0 Å². The number of hydrogen-bond acceptors (Lipinski definition) is 3. The first-order chi connectivity index (χ1) is 15.2. The second kappa shape index (κ2) is 8.80. The first-order valence-electron chi connectivity index (χ1n) is 9.55. The van der Waals surface area contributed by atoms with Gasteiger partial charge in [0, 0.05) is 10.4 Å². The standard InChI is InChI=1S/C23H16ClF3N2O2S/c24-18-5-1-2-6-19(18)29-20(13-21(28-29)23(25,26)27)15-8-10-17(22(30)31)14(12-15)7-9-16-4-3-11-32-16/h1-6,8,10-13H,7,9H2,(H,30,31). The van der Waals surface area contributed by atoms with Crippen LogP contribution in [0.15, 0.2) is 66.0 Å². The van der Waals surface area contributed by atoms with Crippen molar-refractivity contribution < 1.29 is 23.1 Å². The van der Waals surface area contributed by atoms with Crippen molar-refractivity contribution in [1.29, 1.82) is 0 Å². The van der Waals surface area contributed by atoms with E-state index in [-0.39, 0.29) is 16.3 Å². The van der Waals surface area contributed by atoms with Gasteiger partial charge in [-0.3, -0.25) is 0 Å². The van der Waals surface area contributed by atoms with Crippen molar-refractivity contribution in [2.45, 2.75) is 19.0 Å². The summed E-state index contributed by atoms with van der Waals surface area (Å²) in [6, 6.07) is 15.8. The number of nitrogens with zero attached hydrogens (tertiary/aromatic N) is 2. The predicted molar refractivity (Wildman–Crippen MR) is 118 cm³/mol. The minimum Gasteiger partial charge on any atom is -0.478 e. The zero-order valence-corrected chi connectivity index (χ0v) is 18.0. The number of rotatable bonds is 6. The molecule has 0 spiro atoms. The zero-order chi connectivity index (χ0) is 22.9. The highest BCUT2D eigenvalue weighted by molar-refractivity contribution is 7.09. The van der Waals surface area contributed by atoms with Gasteiger partial charge in [-0.25, -0.2) is 9.48 Å². The molecule has 0 aliphatic heterocycles. The third-order valence-corrected chi connectivity index (χ3v) is 6.19. The van der Waals surface area contributed by atoms with Gasteiger partial charge in [-0.2, -0.15) is 18.3 Å². The van der Waals surface area contributed by atoms with E-state index in [1.807, 2.05) is 17.5 Å². The van der Waals surface area contributed by atoms with Crippen LogP contribution in [0, 0.1) is 0 Å². The van der Waals surface area contributed by atoms with Crippen molar-refractivity contribution in [3.63, 3.8) is 0 Å². The Labute approximate surface area is 190 Å². The van der Waals surface area contributed by atoms with E-state index in [1.165, 1.54) is 12.1 Å². The maximum absolute atomic E-state index is 13.5. The van der Waals surface area contributed by atoms with E-state index >= 15 is 0 Å². The number of aromatic nitrogens is 2. The Bertz CT molecular complexity index is 1270. The third-order valence-electron chi connectivity index (χ3n) is 4.93. The van der Waals surface area contributed by atoms with Crippen molar-refractivity contribution in [3.8, 4) is 16.9 Å². The number of thiophene rings is 1. The fourth-order valence-electron chi connectivity index (χ4n) is 3.41. The number of benzene rings is 2. The molecule has 4 aromatic rings. The predicted octanol–water partition coefficient (Wildman–Crippen LogP) is 6.76. The minimum atomic E-state index is -4.65. The lowest BCUT2D eigenvalue weighted by atomic mass is 9.98. The summed E-state index contributed by atoms with van der Waals surface area (Å²) in [4.78, 5) is 12.8. The summed E-state index contributed by atoms with van der Waals surface area (Å²) < 4.78 is 41.5. The molecule has 0 aliphatic rings. The van der Waals surface area contributed by atoms with Crippen molar-refractivity contribution >= 4 is 28.9 Å². The molecule has 4 nitrogen and oxygen atoms in total.